The fourth-order valence-electron chi connectivity index (χ4n) is 2.41. The SMILES string of the molecule is CC1Cc2ccccc2N1S(=O)(=O)N(C)CCC(=O)O. The summed E-state index contributed by atoms with van der Waals surface area (Å²) in [6, 6.07) is 7.22. The van der Waals surface area contributed by atoms with Gasteiger partial charge in [0.25, 0.3) is 0 Å². The van der Waals surface area contributed by atoms with Crippen LogP contribution in [0.25, 0.3) is 0 Å². The average Bonchev–Trinajstić information content (AvgIpc) is 2.71. The minimum absolute atomic E-state index is 0.0386. The molecule has 1 aromatic carbocycles. The number of benzene rings is 1. The van der Waals surface area contributed by atoms with E-state index in [4.69, 9.17) is 5.11 Å². The lowest BCUT2D eigenvalue weighted by molar-refractivity contribution is -0.137. The van der Waals surface area contributed by atoms with Crippen molar-refractivity contribution < 1.29 is 18.3 Å². The Kier molecular flexibility index (Phi) is 4.01. The largest absolute Gasteiger partial charge is 0.481 e. The molecule has 2 rings (SSSR count). The van der Waals surface area contributed by atoms with Crippen molar-refractivity contribution in [2.75, 3.05) is 17.9 Å². The molecule has 1 aliphatic heterocycles. The van der Waals surface area contributed by atoms with Gasteiger partial charge < -0.3 is 5.11 Å². The van der Waals surface area contributed by atoms with E-state index in [2.05, 4.69) is 0 Å². The Hall–Kier alpha value is -1.60. The molecule has 110 valence electrons. The normalized spacial score (nSPS) is 18.4. The van der Waals surface area contributed by atoms with Gasteiger partial charge in [0.1, 0.15) is 0 Å². The van der Waals surface area contributed by atoms with Crippen LogP contribution in [0.1, 0.15) is 18.9 Å². The molecule has 1 N–H and O–H groups in total. The quantitative estimate of drug-likeness (QED) is 0.882. The Morgan fingerprint density at radius 3 is 2.75 bits per heavy atom. The van der Waals surface area contributed by atoms with Crippen LogP contribution in [0.15, 0.2) is 24.3 Å². The van der Waals surface area contributed by atoms with Crippen molar-refractivity contribution in [1.29, 1.82) is 0 Å². The number of hydrogen-bond acceptors (Lipinski definition) is 3. The lowest BCUT2D eigenvalue weighted by Crippen LogP contribution is -2.45. The maximum Gasteiger partial charge on any atom is 0.304 e. The summed E-state index contributed by atoms with van der Waals surface area (Å²) in [5.41, 5.74) is 1.68. The maximum atomic E-state index is 12.6. The van der Waals surface area contributed by atoms with E-state index in [1.54, 1.807) is 12.1 Å². The molecule has 1 atom stereocenters. The molecule has 0 bridgehead atoms. The van der Waals surface area contributed by atoms with E-state index in [0.29, 0.717) is 12.1 Å². The number of para-hydroxylation sites is 1. The van der Waals surface area contributed by atoms with Crippen molar-refractivity contribution in [3.63, 3.8) is 0 Å². The van der Waals surface area contributed by atoms with E-state index >= 15 is 0 Å². The van der Waals surface area contributed by atoms with Crippen molar-refractivity contribution in [2.24, 2.45) is 0 Å². The van der Waals surface area contributed by atoms with Crippen LogP contribution in [0.4, 0.5) is 5.69 Å². The van der Waals surface area contributed by atoms with Gasteiger partial charge in [0.2, 0.25) is 0 Å². The van der Waals surface area contributed by atoms with Crippen molar-refractivity contribution in [3.05, 3.63) is 29.8 Å². The Bertz CT molecular complexity index is 615. The molecule has 0 radical (unpaired) electrons. The van der Waals surface area contributed by atoms with Crippen LogP contribution in [-0.4, -0.2) is 43.4 Å². The van der Waals surface area contributed by atoms with Gasteiger partial charge in [0.15, 0.2) is 0 Å². The third kappa shape index (κ3) is 2.64. The van der Waals surface area contributed by atoms with Crippen LogP contribution in [0.5, 0.6) is 0 Å². The summed E-state index contributed by atoms with van der Waals surface area (Å²) in [7, 11) is -2.28. The molecular formula is C13H18N2O4S. The molecule has 6 nitrogen and oxygen atoms in total. The summed E-state index contributed by atoms with van der Waals surface area (Å²) in [6.07, 6.45) is 0.460. The van der Waals surface area contributed by atoms with Gasteiger partial charge >= 0.3 is 16.2 Å². The Morgan fingerprint density at radius 1 is 1.45 bits per heavy atom. The van der Waals surface area contributed by atoms with Crippen molar-refractivity contribution >= 4 is 21.9 Å². The van der Waals surface area contributed by atoms with Gasteiger partial charge in [0, 0.05) is 19.6 Å². The molecule has 0 fully saturated rings. The first-order chi connectivity index (χ1) is 9.34. The fraction of sp³-hybridized carbons (Fsp3) is 0.462. The Labute approximate surface area is 118 Å². The zero-order chi connectivity index (χ0) is 14.9. The van der Waals surface area contributed by atoms with E-state index in [-0.39, 0.29) is 19.0 Å². The van der Waals surface area contributed by atoms with E-state index in [0.717, 1.165) is 9.87 Å². The lowest BCUT2D eigenvalue weighted by Gasteiger charge is -2.29. The molecular weight excluding hydrogens is 280 g/mol. The van der Waals surface area contributed by atoms with Crippen LogP contribution in [-0.2, 0) is 21.4 Å². The summed E-state index contributed by atoms with van der Waals surface area (Å²) < 4.78 is 27.6. The molecule has 0 aliphatic carbocycles. The average molecular weight is 298 g/mol. The topological polar surface area (TPSA) is 77.9 Å². The zero-order valence-electron chi connectivity index (χ0n) is 11.5. The molecule has 0 aromatic heterocycles. The van der Waals surface area contributed by atoms with Gasteiger partial charge in [-0.2, -0.15) is 12.7 Å². The summed E-state index contributed by atoms with van der Waals surface area (Å²) >= 11 is 0. The Morgan fingerprint density at radius 2 is 2.10 bits per heavy atom. The first kappa shape index (κ1) is 14.8. The molecule has 1 unspecified atom stereocenters. The first-order valence-electron chi connectivity index (χ1n) is 6.39. The highest BCUT2D eigenvalue weighted by Crippen LogP contribution is 2.34. The third-order valence-corrected chi connectivity index (χ3v) is 5.45. The predicted octanol–water partition coefficient (Wildman–Crippen LogP) is 1.09. The molecule has 20 heavy (non-hydrogen) atoms. The third-order valence-electron chi connectivity index (χ3n) is 3.43. The number of aliphatic carboxylic acids is 1. The highest BCUT2D eigenvalue weighted by molar-refractivity contribution is 7.90. The van der Waals surface area contributed by atoms with Crippen LogP contribution < -0.4 is 4.31 Å². The second-order valence-electron chi connectivity index (χ2n) is 4.95. The predicted molar refractivity (Wildman–Crippen MR) is 75.9 cm³/mol. The number of carbonyl (C=O) groups is 1. The van der Waals surface area contributed by atoms with Gasteiger partial charge in [0.05, 0.1) is 12.1 Å². The number of nitrogens with zero attached hydrogens (tertiary/aromatic N) is 2. The van der Waals surface area contributed by atoms with E-state index in [9.17, 15) is 13.2 Å². The van der Waals surface area contributed by atoms with Crippen LogP contribution in [0.2, 0.25) is 0 Å². The van der Waals surface area contributed by atoms with Gasteiger partial charge in [-0.3, -0.25) is 9.10 Å². The van der Waals surface area contributed by atoms with Crippen molar-refractivity contribution in [3.8, 4) is 0 Å². The van der Waals surface area contributed by atoms with Gasteiger partial charge in [-0.1, -0.05) is 18.2 Å². The molecule has 1 heterocycles. The van der Waals surface area contributed by atoms with Gasteiger partial charge in [-0.15, -0.1) is 0 Å². The molecule has 0 amide bonds. The van der Waals surface area contributed by atoms with Crippen LogP contribution in [0.3, 0.4) is 0 Å². The second kappa shape index (κ2) is 5.41. The number of anilines is 1. The van der Waals surface area contributed by atoms with Gasteiger partial charge in [-0.25, -0.2) is 0 Å². The van der Waals surface area contributed by atoms with Crippen molar-refractivity contribution in [1.82, 2.24) is 4.31 Å². The number of hydrogen-bond donors (Lipinski definition) is 1. The van der Waals surface area contributed by atoms with Crippen LogP contribution in [0, 0.1) is 0 Å². The number of fused-ring (bicyclic) bond motifs is 1. The molecule has 0 saturated carbocycles. The minimum atomic E-state index is -3.69. The second-order valence-corrected chi connectivity index (χ2v) is 6.86. The van der Waals surface area contributed by atoms with E-state index in [1.807, 2.05) is 19.1 Å². The van der Waals surface area contributed by atoms with Crippen molar-refractivity contribution in [2.45, 2.75) is 25.8 Å². The molecule has 7 heteroatoms. The lowest BCUT2D eigenvalue weighted by atomic mass is 10.1. The van der Waals surface area contributed by atoms with E-state index < -0.39 is 16.2 Å². The minimum Gasteiger partial charge on any atom is -0.481 e. The fourth-order valence-corrected chi connectivity index (χ4v) is 3.99. The monoisotopic (exact) mass is 298 g/mol. The number of rotatable bonds is 5. The number of carboxylic acid groups (broad SMARTS) is 1. The molecule has 1 aromatic rings. The number of carboxylic acids is 1. The molecule has 0 saturated heterocycles. The summed E-state index contributed by atoms with van der Waals surface area (Å²) in [5.74, 6) is -1.01. The Balaban J connectivity index is 2.28. The highest BCUT2D eigenvalue weighted by atomic mass is 32.2. The van der Waals surface area contributed by atoms with E-state index in [1.165, 1.54) is 11.4 Å². The smallest absolute Gasteiger partial charge is 0.304 e. The van der Waals surface area contributed by atoms with Gasteiger partial charge in [-0.05, 0) is 25.0 Å². The van der Waals surface area contributed by atoms with Crippen LogP contribution >= 0.6 is 0 Å². The maximum absolute atomic E-state index is 12.6. The molecule has 0 spiro atoms. The molecule has 1 aliphatic rings. The standard InChI is InChI=1S/C13H18N2O4S/c1-10-9-11-5-3-4-6-12(11)15(10)20(18,19)14(2)8-7-13(16)17/h3-6,10H,7-9H2,1-2H3,(H,16,17). The summed E-state index contributed by atoms with van der Waals surface area (Å²) in [6.45, 7) is 1.81. The first-order valence-corrected chi connectivity index (χ1v) is 7.79. The summed E-state index contributed by atoms with van der Waals surface area (Å²) in [4.78, 5) is 10.6. The highest BCUT2D eigenvalue weighted by Gasteiger charge is 2.37. The summed E-state index contributed by atoms with van der Waals surface area (Å²) in [5, 5.41) is 8.67. The zero-order valence-corrected chi connectivity index (χ0v) is 12.3.